The van der Waals surface area contributed by atoms with Gasteiger partial charge in [0.25, 0.3) is 0 Å². The molecule has 0 bridgehead atoms. The second-order valence-corrected chi connectivity index (χ2v) is 4.01. The Morgan fingerprint density at radius 1 is 1.50 bits per heavy atom. The summed E-state index contributed by atoms with van der Waals surface area (Å²) >= 11 is 0. The van der Waals surface area contributed by atoms with E-state index in [0.29, 0.717) is 0 Å². The average molecular weight is 168 g/mol. The first kappa shape index (κ1) is 9.79. The zero-order valence-electron chi connectivity index (χ0n) is 8.05. The molecule has 0 saturated heterocycles. The Morgan fingerprint density at radius 3 is 2.83 bits per heavy atom. The minimum absolute atomic E-state index is 0.552. The van der Waals surface area contributed by atoms with Crippen LogP contribution in [0.15, 0.2) is 12.7 Å². The fourth-order valence-corrected chi connectivity index (χ4v) is 2.03. The quantitative estimate of drug-likeness (QED) is 0.496. The zero-order chi connectivity index (χ0) is 9.03. The van der Waals surface area contributed by atoms with E-state index in [9.17, 15) is 5.11 Å². The van der Waals surface area contributed by atoms with Crippen LogP contribution < -0.4 is 0 Å². The molecule has 0 aromatic heterocycles. The Hall–Kier alpha value is -0.300. The normalized spacial score (nSPS) is 37.3. The van der Waals surface area contributed by atoms with Crippen molar-refractivity contribution in [3.8, 4) is 0 Å². The lowest BCUT2D eigenvalue weighted by Gasteiger charge is -2.21. The van der Waals surface area contributed by atoms with Crippen molar-refractivity contribution >= 4 is 0 Å². The Kier molecular flexibility index (Phi) is 3.33. The van der Waals surface area contributed by atoms with Gasteiger partial charge in [0.2, 0.25) is 0 Å². The van der Waals surface area contributed by atoms with Gasteiger partial charge >= 0.3 is 0 Å². The maximum Gasteiger partial charge on any atom is 0.0825 e. The maximum absolute atomic E-state index is 9.96. The van der Waals surface area contributed by atoms with Crippen molar-refractivity contribution in [2.75, 3.05) is 0 Å². The fraction of sp³-hybridized carbons (Fsp3) is 0.818. The van der Waals surface area contributed by atoms with E-state index in [4.69, 9.17) is 0 Å². The number of aliphatic hydroxyl groups is 1. The molecule has 1 fully saturated rings. The van der Waals surface area contributed by atoms with Crippen molar-refractivity contribution in [3.05, 3.63) is 12.7 Å². The summed E-state index contributed by atoms with van der Waals surface area (Å²) in [6.07, 6.45) is 8.41. The highest BCUT2D eigenvalue weighted by molar-refractivity contribution is 4.97. The van der Waals surface area contributed by atoms with Crippen LogP contribution in [0.1, 0.15) is 45.4 Å². The van der Waals surface area contributed by atoms with Crippen LogP contribution in [0, 0.1) is 5.92 Å². The van der Waals surface area contributed by atoms with Crippen molar-refractivity contribution in [1.82, 2.24) is 0 Å². The van der Waals surface area contributed by atoms with Crippen LogP contribution in [0.25, 0.3) is 0 Å². The van der Waals surface area contributed by atoms with Crippen molar-refractivity contribution in [2.24, 2.45) is 5.92 Å². The Balaban J connectivity index is 2.49. The maximum atomic E-state index is 9.96. The highest BCUT2D eigenvalue weighted by atomic mass is 16.3. The number of hydrogen-bond donors (Lipinski definition) is 1. The molecule has 12 heavy (non-hydrogen) atoms. The van der Waals surface area contributed by atoms with Gasteiger partial charge in [-0.2, -0.15) is 0 Å². The molecule has 0 amide bonds. The summed E-state index contributed by atoms with van der Waals surface area (Å²) in [5.74, 6) is 0.832. The summed E-state index contributed by atoms with van der Waals surface area (Å²) in [5, 5.41) is 9.96. The second kappa shape index (κ2) is 4.08. The molecule has 0 aromatic carbocycles. The van der Waals surface area contributed by atoms with Crippen molar-refractivity contribution in [2.45, 2.75) is 51.0 Å². The van der Waals surface area contributed by atoms with Crippen LogP contribution in [0.3, 0.4) is 0 Å². The highest BCUT2D eigenvalue weighted by Gasteiger charge is 2.26. The van der Waals surface area contributed by atoms with Gasteiger partial charge in [-0.3, -0.25) is 0 Å². The number of hydrogen-bond acceptors (Lipinski definition) is 1. The van der Waals surface area contributed by atoms with Gasteiger partial charge in [-0.15, -0.1) is 6.58 Å². The highest BCUT2D eigenvalue weighted by Crippen LogP contribution is 2.32. The van der Waals surface area contributed by atoms with Crippen molar-refractivity contribution in [1.29, 1.82) is 0 Å². The lowest BCUT2D eigenvalue weighted by molar-refractivity contribution is 0.0738. The van der Waals surface area contributed by atoms with Crippen LogP contribution in [-0.4, -0.2) is 10.7 Å². The van der Waals surface area contributed by atoms with Gasteiger partial charge < -0.3 is 5.11 Å². The van der Waals surface area contributed by atoms with E-state index in [1.807, 2.05) is 0 Å². The van der Waals surface area contributed by atoms with Gasteiger partial charge in [0, 0.05) is 0 Å². The van der Waals surface area contributed by atoms with Gasteiger partial charge in [-0.05, 0) is 31.6 Å². The third-order valence-corrected chi connectivity index (χ3v) is 3.16. The Bertz CT molecular complexity index is 153. The lowest BCUT2D eigenvalue weighted by Crippen LogP contribution is -2.24. The van der Waals surface area contributed by atoms with E-state index in [2.05, 4.69) is 13.5 Å². The van der Waals surface area contributed by atoms with E-state index < -0.39 is 5.60 Å². The molecule has 1 rings (SSSR count). The van der Waals surface area contributed by atoms with Gasteiger partial charge in [0.1, 0.15) is 0 Å². The van der Waals surface area contributed by atoms with E-state index >= 15 is 0 Å². The molecule has 1 heteroatoms. The van der Waals surface area contributed by atoms with Gasteiger partial charge in [0.15, 0.2) is 0 Å². The monoisotopic (exact) mass is 168 g/mol. The zero-order valence-corrected chi connectivity index (χ0v) is 8.05. The third-order valence-electron chi connectivity index (χ3n) is 3.16. The first-order valence-corrected chi connectivity index (χ1v) is 5.06. The van der Waals surface area contributed by atoms with E-state index in [1.165, 1.54) is 19.3 Å². The topological polar surface area (TPSA) is 20.2 Å². The first-order chi connectivity index (χ1) is 5.70. The molecule has 1 aliphatic rings. The number of rotatable bonds is 2. The molecule has 0 heterocycles. The molecule has 1 nitrogen and oxygen atoms in total. The first-order valence-electron chi connectivity index (χ1n) is 5.06. The Morgan fingerprint density at radius 2 is 2.25 bits per heavy atom. The van der Waals surface area contributed by atoms with E-state index in [1.54, 1.807) is 6.08 Å². The minimum atomic E-state index is -0.552. The molecule has 1 N–H and O–H groups in total. The third kappa shape index (κ3) is 2.34. The molecule has 1 saturated carbocycles. The molecule has 0 aromatic rings. The van der Waals surface area contributed by atoms with Gasteiger partial charge in [-0.25, -0.2) is 0 Å². The van der Waals surface area contributed by atoms with Crippen LogP contribution in [0.2, 0.25) is 0 Å². The molecule has 0 radical (unpaired) electrons. The SMILES string of the molecule is C=CC1(O)CCCC(CC)CC1. The van der Waals surface area contributed by atoms with Crippen LogP contribution in [0.4, 0.5) is 0 Å². The molecule has 1 aliphatic carbocycles. The van der Waals surface area contributed by atoms with Crippen molar-refractivity contribution < 1.29 is 5.11 Å². The summed E-state index contributed by atoms with van der Waals surface area (Å²) in [6.45, 7) is 5.94. The molecule has 2 unspecified atom stereocenters. The van der Waals surface area contributed by atoms with Gasteiger partial charge in [-0.1, -0.05) is 25.8 Å². The average Bonchev–Trinajstić information content (AvgIpc) is 2.28. The van der Waals surface area contributed by atoms with Crippen LogP contribution in [0.5, 0.6) is 0 Å². The molecular weight excluding hydrogens is 148 g/mol. The summed E-state index contributed by atoms with van der Waals surface area (Å²) in [4.78, 5) is 0. The van der Waals surface area contributed by atoms with Gasteiger partial charge in [0.05, 0.1) is 5.60 Å². The summed E-state index contributed by atoms with van der Waals surface area (Å²) < 4.78 is 0. The summed E-state index contributed by atoms with van der Waals surface area (Å²) in [7, 11) is 0. The van der Waals surface area contributed by atoms with Crippen molar-refractivity contribution in [3.63, 3.8) is 0 Å². The fourth-order valence-electron chi connectivity index (χ4n) is 2.03. The second-order valence-electron chi connectivity index (χ2n) is 4.01. The largest absolute Gasteiger partial charge is 0.386 e. The molecular formula is C11H20O. The predicted molar refractivity (Wildman–Crippen MR) is 52.0 cm³/mol. The smallest absolute Gasteiger partial charge is 0.0825 e. The van der Waals surface area contributed by atoms with E-state index in [0.717, 1.165) is 25.2 Å². The Labute approximate surface area is 75.5 Å². The molecule has 0 aliphatic heterocycles. The minimum Gasteiger partial charge on any atom is -0.386 e. The lowest BCUT2D eigenvalue weighted by atomic mass is 9.93. The molecule has 70 valence electrons. The molecule has 0 spiro atoms. The van der Waals surface area contributed by atoms with E-state index in [-0.39, 0.29) is 0 Å². The predicted octanol–water partition coefficient (Wildman–Crippen LogP) is 2.89. The molecule has 2 atom stereocenters. The summed E-state index contributed by atoms with van der Waals surface area (Å²) in [6, 6.07) is 0. The van der Waals surface area contributed by atoms with Crippen LogP contribution in [-0.2, 0) is 0 Å². The standard InChI is InChI=1S/C11H20O/c1-3-10-6-5-8-11(12,4-2)9-7-10/h4,10,12H,2-3,5-9H2,1H3. The summed E-state index contributed by atoms with van der Waals surface area (Å²) in [5.41, 5.74) is -0.552. The van der Waals surface area contributed by atoms with Crippen LogP contribution >= 0.6 is 0 Å².